The monoisotopic (exact) mass is 359 g/mol. The van der Waals surface area contributed by atoms with Crippen molar-refractivity contribution < 1.29 is 32.0 Å². The van der Waals surface area contributed by atoms with Gasteiger partial charge in [0, 0.05) is 14.1 Å². The molecule has 2 rings (SSSR count). The van der Waals surface area contributed by atoms with E-state index in [9.17, 15) is 18.0 Å². The van der Waals surface area contributed by atoms with Crippen LogP contribution in [0.4, 0.5) is 13.2 Å². The molecule has 0 saturated carbocycles. The van der Waals surface area contributed by atoms with E-state index in [1.54, 1.807) is 0 Å². The van der Waals surface area contributed by atoms with Crippen molar-refractivity contribution >= 4 is 18.5 Å². The van der Waals surface area contributed by atoms with Gasteiger partial charge in [0.15, 0.2) is 0 Å². The number of carbonyl (C=O) groups is 1. The zero-order valence-corrected chi connectivity index (χ0v) is 15.0. The topological polar surface area (TPSA) is 48.0 Å². The van der Waals surface area contributed by atoms with Gasteiger partial charge in [-0.2, -0.15) is 0 Å². The largest absolute Gasteiger partial charge is 0.573 e. The molecule has 1 amide bonds. The Kier molecular flexibility index (Phi) is 4.87. The normalized spacial score (nSPS) is 19.0. The first kappa shape index (κ1) is 19.6. The second-order valence-electron chi connectivity index (χ2n) is 7.09. The smallest absolute Gasteiger partial charge is 0.405 e. The highest BCUT2D eigenvalue weighted by atomic mass is 19.4. The van der Waals surface area contributed by atoms with E-state index in [0.717, 1.165) is 6.07 Å². The van der Waals surface area contributed by atoms with E-state index in [1.807, 2.05) is 27.7 Å². The van der Waals surface area contributed by atoms with E-state index in [2.05, 4.69) is 4.74 Å². The third kappa shape index (κ3) is 4.09. The van der Waals surface area contributed by atoms with Crippen LogP contribution in [0.3, 0.4) is 0 Å². The van der Waals surface area contributed by atoms with Crippen molar-refractivity contribution in [3.63, 3.8) is 0 Å². The molecule has 1 saturated heterocycles. The zero-order chi connectivity index (χ0) is 19.2. The molecule has 25 heavy (non-hydrogen) atoms. The van der Waals surface area contributed by atoms with Gasteiger partial charge in [-0.3, -0.25) is 4.79 Å². The Morgan fingerprint density at radius 1 is 1.12 bits per heavy atom. The highest BCUT2D eigenvalue weighted by Gasteiger charge is 2.52. The van der Waals surface area contributed by atoms with Crippen molar-refractivity contribution in [1.29, 1.82) is 0 Å². The van der Waals surface area contributed by atoms with Gasteiger partial charge in [-0.25, -0.2) is 0 Å². The molecule has 1 fully saturated rings. The minimum absolute atomic E-state index is 0.192. The number of hydrogen-bond acceptors (Lipinski definition) is 4. The van der Waals surface area contributed by atoms with Gasteiger partial charge in [0.2, 0.25) is 0 Å². The predicted molar refractivity (Wildman–Crippen MR) is 86.9 cm³/mol. The number of halogens is 3. The summed E-state index contributed by atoms with van der Waals surface area (Å²) < 4.78 is 53.9. The van der Waals surface area contributed by atoms with E-state index < -0.39 is 36.3 Å². The lowest BCUT2D eigenvalue weighted by Gasteiger charge is -2.32. The van der Waals surface area contributed by atoms with Gasteiger partial charge in [0.05, 0.1) is 16.8 Å². The second kappa shape index (κ2) is 6.21. The highest BCUT2D eigenvalue weighted by Crippen LogP contribution is 2.37. The number of amides is 1. The number of rotatable bonds is 3. The van der Waals surface area contributed by atoms with Crippen LogP contribution < -0.4 is 10.2 Å². The Hall–Kier alpha value is -1.74. The molecule has 0 atom stereocenters. The summed E-state index contributed by atoms with van der Waals surface area (Å²) in [6, 6.07) is 3.91. The van der Waals surface area contributed by atoms with Gasteiger partial charge in [-0.1, -0.05) is 6.07 Å². The fraction of sp³-hybridized carbons (Fsp3) is 0.562. The molecule has 0 aliphatic carbocycles. The Labute approximate surface area is 145 Å². The van der Waals surface area contributed by atoms with Crippen LogP contribution in [0.1, 0.15) is 38.1 Å². The first-order valence-electron chi connectivity index (χ1n) is 7.70. The van der Waals surface area contributed by atoms with Gasteiger partial charge in [-0.05, 0) is 45.3 Å². The Balaban J connectivity index is 2.42. The molecule has 9 heteroatoms. The van der Waals surface area contributed by atoms with Crippen LogP contribution in [0, 0.1) is 0 Å². The lowest BCUT2D eigenvalue weighted by molar-refractivity contribution is -0.274. The van der Waals surface area contributed by atoms with Crippen molar-refractivity contribution in [1.82, 2.24) is 4.90 Å². The molecule has 1 aliphatic heterocycles. The molecule has 5 nitrogen and oxygen atoms in total. The first-order valence-corrected chi connectivity index (χ1v) is 7.70. The first-order chi connectivity index (χ1) is 11.2. The summed E-state index contributed by atoms with van der Waals surface area (Å²) in [6.45, 7) is 7.35. The average molecular weight is 359 g/mol. The minimum Gasteiger partial charge on any atom is -0.405 e. The molecular formula is C16H21BF3NO4. The molecule has 1 aromatic rings. The zero-order valence-electron chi connectivity index (χ0n) is 15.0. The molecule has 0 bridgehead atoms. The van der Waals surface area contributed by atoms with Crippen LogP contribution >= 0.6 is 0 Å². The Morgan fingerprint density at radius 2 is 1.64 bits per heavy atom. The number of nitrogens with zero attached hydrogens (tertiary/aromatic N) is 1. The second-order valence-corrected chi connectivity index (χ2v) is 7.09. The van der Waals surface area contributed by atoms with Crippen LogP contribution in [0.5, 0.6) is 5.75 Å². The summed E-state index contributed by atoms with van der Waals surface area (Å²) >= 11 is 0. The molecule has 1 heterocycles. The van der Waals surface area contributed by atoms with E-state index >= 15 is 0 Å². The summed E-state index contributed by atoms with van der Waals surface area (Å²) in [5, 5.41) is 0. The number of alkyl halides is 3. The maximum atomic E-state index is 12.7. The maximum absolute atomic E-state index is 12.7. The van der Waals surface area contributed by atoms with E-state index in [0.29, 0.717) is 5.46 Å². The van der Waals surface area contributed by atoms with E-state index in [4.69, 9.17) is 9.31 Å². The van der Waals surface area contributed by atoms with Crippen molar-refractivity contribution in [2.24, 2.45) is 0 Å². The number of ether oxygens (including phenoxy) is 1. The molecule has 0 N–H and O–H groups in total. The highest BCUT2D eigenvalue weighted by molar-refractivity contribution is 6.62. The third-order valence-corrected chi connectivity index (χ3v) is 4.39. The Morgan fingerprint density at radius 3 is 2.08 bits per heavy atom. The molecule has 138 valence electrons. The van der Waals surface area contributed by atoms with Gasteiger partial charge < -0.3 is 18.9 Å². The van der Waals surface area contributed by atoms with Crippen LogP contribution in [-0.2, 0) is 9.31 Å². The lowest BCUT2D eigenvalue weighted by atomic mass is 9.78. The molecule has 1 aromatic carbocycles. The van der Waals surface area contributed by atoms with Gasteiger partial charge in [0.25, 0.3) is 5.91 Å². The van der Waals surface area contributed by atoms with Gasteiger partial charge in [0.1, 0.15) is 5.75 Å². The minimum atomic E-state index is -4.92. The van der Waals surface area contributed by atoms with Crippen molar-refractivity contribution in [3.8, 4) is 5.75 Å². The molecule has 1 aliphatic rings. The fourth-order valence-corrected chi connectivity index (χ4v) is 2.29. The number of carbonyl (C=O) groups excluding carboxylic acids is 1. The van der Waals surface area contributed by atoms with E-state index in [-0.39, 0.29) is 5.56 Å². The summed E-state index contributed by atoms with van der Waals surface area (Å²) in [5.41, 5.74) is -1.13. The van der Waals surface area contributed by atoms with Gasteiger partial charge in [-0.15, -0.1) is 13.2 Å². The summed E-state index contributed by atoms with van der Waals surface area (Å²) in [6.07, 6.45) is -4.92. The van der Waals surface area contributed by atoms with Crippen molar-refractivity contribution in [2.45, 2.75) is 45.3 Å². The fourth-order valence-electron chi connectivity index (χ4n) is 2.29. The van der Waals surface area contributed by atoms with Gasteiger partial charge >= 0.3 is 13.5 Å². The summed E-state index contributed by atoms with van der Waals surface area (Å²) in [4.78, 5) is 13.3. The third-order valence-electron chi connectivity index (χ3n) is 4.39. The molecule has 0 unspecified atom stereocenters. The summed E-state index contributed by atoms with van der Waals surface area (Å²) in [5.74, 6) is -1.18. The van der Waals surface area contributed by atoms with Crippen LogP contribution in [-0.4, -0.2) is 49.6 Å². The van der Waals surface area contributed by atoms with Crippen molar-refractivity contribution in [2.75, 3.05) is 14.1 Å². The standard InChI is InChI=1S/C16H21BF3NO4/c1-14(2)15(3,4)25-17(24-14)10-7-8-11(13(22)21(5)6)12(9-10)23-16(18,19)20/h7-9H,1-6H3. The van der Waals surface area contributed by atoms with Crippen LogP contribution in [0.2, 0.25) is 0 Å². The SMILES string of the molecule is CN(C)C(=O)c1ccc(B2OC(C)(C)C(C)(C)O2)cc1OC(F)(F)F. The van der Waals surface area contributed by atoms with Crippen LogP contribution in [0.15, 0.2) is 18.2 Å². The van der Waals surface area contributed by atoms with Crippen LogP contribution in [0.25, 0.3) is 0 Å². The van der Waals surface area contributed by atoms with E-state index in [1.165, 1.54) is 31.1 Å². The molecular weight excluding hydrogens is 338 g/mol. The maximum Gasteiger partial charge on any atom is 0.573 e. The number of hydrogen-bond donors (Lipinski definition) is 0. The summed E-state index contributed by atoms with van der Waals surface area (Å²) in [7, 11) is 2.04. The molecule has 0 spiro atoms. The average Bonchev–Trinajstić information content (AvgIpc) is 2.64. The quantitative estimate of drug-likeness (QED) is 0.779. The molecule has 0 aromatic heterocycles. The predicted octanol–water partition coefficient (Wildman–Crippen LogP) is 2.59. The molecule has 0 radical (unpaired) electrons. The lowest BCUT2D eigenvalue weighted by Crippen LogP contribution is -2.41. The number of benzene rings is 1. The Bertz CT molecular complexity index is 658. The van der Waals surface area contributed by atoms with Crippen molar-refractivity contribution in [3.05, 3.63) is 23.8 Å².